The van der Waals surface area contributed by atoms with Crippen LogP contribution in [0, 0.1) is 0 Å². The Kier molecular flexibility index (Phi) is 3.09. The van der Waals surface area contributed by atoms with E-state index in [-0.39, 0.29) is 11.7 Å². The Balaban J connectivity index is 1.65. The highest BCUT2D eigenvalue weighted by atomic mass is 79.9. The summed E-state index contributed by atoms with van der Waals surface area (Å²) in [5.74, 6) is -0.713. The molecule has 0 atom stereocenters. The molecule has 2 N–H and O–H groups in total. The lowest BCUT2D eigenvalue weighted by Gasteiger charge is -2.02. The third-order valence-corrected chi connectivity index (χ3v) is 3.88. The van der Waals surface area contributed by atoms with E-state index in [1.807, 2.05) is 12.1 Å². The molecule has 2 heterocycles. The predicted octanol–water partition coefficient (Wildman–Crippen LogP) is 3.88. The molecular formula is C16H9BrN2O4. The van der Waals surface area contributed by atoms with Gasteiger partial charge in [-0.1, -0.05) is 15.9 Å². The van der Waals surface area contributed by atoms with Crippen LogP contribution in [0.1, 0.15) is 10.6 Å². The molecule has 7 heteroatoms. The standard InChI is InChI=1S/C16H9BrN2O4/c17-9-2-1-8-5-14(22-12(8)6-9)15(20)18-10-3-4-11-13(7-10)23-16(21)19-11/h1-7H,(H,18,20)(H,19,21). The molecule has 0 radical (unpaired) electrons. The molecule has 0 spiro atoms. The fourth-order valence-corrected chi connectivity index (χ4v) is 2.67. The maximum Gasteiger partial charge on any atom is 0.417 e. The summed E-state index contributed by atoms with van der Waals surface area (Å²) in [7, 11) is 0. The average molecular weight is 373 g/mol. The molecule has 114 valence electrons. The Labute approximate surface area is 137 Å². The number of hydrogen-bond donors (Lipinski definition) is 2. The Bertz CT molecular complexity index is 1110. The van der Waals surface area contributed by atoms with Gasteiger partial charge in [0, 0.05) is 21.6 Å². The number of furan rings is 1. The van der Waals surface area contributed by atoms with Crippen molar-refractivity contribution in [3.8, 4) is 0 Å². The summed E-state index contributed by atoms with van der Waals surface area (Å²) in [6.07, 6.45) is 0. The van der Waals surface area contributed by atoms with Gasteiger partial charge in [-0.2, -0.15) is 0 Å². The molecule has 2 aromatic heterocycles. The van der Waals surface area contributed by atoms with Crippen LogP contribution in [0.15, 0.2) is 60.6 Å². The summed E-state index contributed by atoms with van der Waals surface area (Å²) < 4.78 is 11.4. The van der Waals surface area contributed by atoms with E-state index in [1.54, 1.807) is 30.3 Å². The van der Waals surface area contributed by atoms with Crippen molar-refractivity contribution < 1.29 is 13.6 Å². The lowest BCUT2D eigenvalue weighted by molar-refractivity contribution is 0.0998. The molecule has 4 rings (SSSR count). The Morgan fingerprint density at radius 3 is 2.78 bits per heavy atom. The van der Waals surface area contributed by atoms with Crippen molar-refractivity contribution >= 4 is 49.6 Å². The summed E-state index contributed by atoms with van der Waals surface area (Å²) in [5, 5.41) is 3.55. The van der Waals surface area contributed by atoms with Crippen molar-refractivity contribution in [1.82, 2.24) is 4.98 Å². The number of rotatable bonds is 2. The molecule has 2 aromatic carbocycles. The number of carbonyl (C=O) groups excluding carboxylic acids is 1. The zero-order chi connectivity index (χ0) is 16.0. The van der Waals surface area contributed by atoms with Gasteiger partial charge in [-0.05, 0) is 36.4 Å². The van der Waals surface area contributed by atoms with Gasteiger partial charge in [-0.3, -0.25) is 9.78 Å². The summed E-state index contributed by atoms with van der Waals surface area (Å²) in [5.41, 5.74) is 2.08. The molecule has 0 saturated heterocycles. The third kappa shape index (κ3) is 2.55. The molecule has 1 amide bonds. The number of nitrogens with one attached hydrogen (secondary N) is 2. The van der Waals surface area contributed by atoms with E-state index in [2.05, 4.69) is 26.2 Å². The summed E-state index contributed by atoms with van der Waals surface area (Å²) in [4.78, 5) is 26.0. The Morgan fingerprint density at radius 1 is 1.04 bits per heavy atom. The molecule has 23 heavy (non-hydrogen) atoms. The van der Waals surface area contributed by atoms with Crippen LogP contribution in [0.2, 0.25) is 0 Å². The fraction of sp³-hybridized carbons (Fsp3) is 0. The lowest BCUT2D eigenvalue weighted by Crippen LogP contribution is -2.10. The highest BCUT2D eigenvalue weighted by Crippen LogP contribution is 2.24. The van der Waals surface area contributed by atoms with E-state index < -0.39 is 5.76 Å². The second-order valence-corrected chi connectivity index (χ2v) is 5.89. The van der Waals surface area contributed by atoms with Crippen molar-refractivity contribution in [3.05, 3.63) is 63.2 Å². The second kappa shape index (κ2) is 5.13. The predicted molar refractivity (Wildman–Crippen MR) is 88.7 cm³/mol. The first kappa shape index (κ1) is 13.8. The molecule has 0 bridgehead atoms. The molecule has 0 aliphatic heterocycles. The van der Waals surface area contributed by atoms with Gasteiger partial charge >= 0.3 is 5.76 Å². The molecule has 0 unspecified atom stereocenters. The first-order chi connectivity index (χ1) is 11.1. The van der Waals surface area contributed by atoms with Crippen LogP contribution < -0.4 is 11.1 Å². The van der Waals surface area contributed by atoms with Gasteiger partial charge in [0.25, 0.3) is 5.91 Å². The number of hydrogen-bond acceptors (Lipinski definition) is 4. The Morgan fingerprint density at radius 2 is 1.91 bits per heavy atom. The van der Waals surface area contributed by atoms with Gasteiger partial charge in [0.1, 0.15) is 5.58 Å². The average Bonchev–Trinajstić information content (AvgIpc) is 3.08. The summed E-state index contributed by atoms with van der Waals surface area (Å²) >= 11 is 3.36. The highest BCUT2D eigenvalue weighted by Gasteiger charge is 2.13. The second-order valence-electron chi connectivity index (χ2n) is 4.97. The number of fused-ring (bicyclic) bond motifs is 2. The zero-order valence-electron chi connectivity index (χ0n) is 11.6. The van der Waals surface area contributed by atoms with Crippen LogP contribution in [0.4, 0.5) is 5.69 Å². The minimum Gasteiger partial charge on any atom is -0.451 e. The van der Waals surface area contributed by atoms with Crippen LogP contribution in [0.3, 0.4) is 0 Å². The smallest absolute Gasteiger partial charge is 0.417 e. The largest absolute Gasteiger partial charge is 0.451 e. The number of aromatic nitrogens is 1. The molecule has 6 nitrogen and oxygen atoms in total. The van der Waals surface area contributed by atoms with Crippen molar-refractivity contribution in [1.29, 1.82) is 0 Å². The number of halogens is 1. The SMILES string of the molecule is O=C(Nc1ccc2[nH]c(=O)oc2c1)c1cc2ccc(Br)cc2o1. The lowest BCUT2D eigenvalue weighted by atomic mass is 10.2. The van der Waals surface area contributed by atoms with E-state index in [9.17, 15) is 9.59 Å². The number of carbonyl (C=O) groups is 1. The first-order valence-electron chi connectivity index (χ1n) is 6.72. The summed E-state index contributed by atoms with van der Waals surface area (Å²) in [6, 6.07) is 12.1. The number of anilines is 1. The fourth-order valence-electron chi connectivity index (χ4n) is 2.33. The van der Waals surface area contributed by atoms with E-state index in [0.717, 1.165) is 9.86 Å². The first-order valence-corrected chi connectivity index (χ1v) is 7.51. The Hall–Kier alpha value is -2.80. The maximum absolute atomic E-state index is 12.3. The van der Waals surface area contributed by atoms with Gasteiger partial charge in [-0.15, -0.1) is 0 Å². The van der Waals surface area contributed by atoms with Gasteiger partial charge in [0.05, 0.1) is 5.52 Å². The van der Waals surface area contributed by atoms with Gasteiger partial charge < -0.3 is 14.2 Å². The third-order valence-electron chi connectivity index (χ3n) is 3.38. The van der Waals surface area contributed by atoms with E-state index >= 15 is 0 Å². The van der Waals surface area contributed by atoms with Gasteiger partial charge in [0.2, 0.25) is 0 Å². The zero-order valence-corrected chi connectivity index (χ0v) is 13.1. The van der Waals surface area contributed by atoms with Crippen LogP contribution in [-0.4, -0.2) is 10.9 Å². The van der Waals surface area contributed by atoms with Crippen molar-refractivity contribution in [2.45, 2.75) is 0 Å². The van der Waals surface area contributed by atoms with Crippen molar-refractivity contribution in [2.24, 2.45) is 0 Å². The maximum atomic E-state index is 12.3. The number of aromatic amines is 1. The van der Waals surface area contributed by atoms with E-state index in [4.69, 9.17) is 8.83 Å². The van der Waals surface area contributed by atoms with Crippen molar-refractivity contribution in [3.63, 3.8) is 0 Å². The van der Waals surface area contributed by atoms with Crippen LogP contribution in [0.25, 0.3) is 22.1 Å². The highest BCUT2D eigenvalue weighted by molar-refractivity contribution is 9.10. The van der Waals surface area contributed by atoms with Gasteiger partial charge in [-0.25, -0.2) is 4.79 Å². The number of benzene rings is 2. The van der Waals surface area contributed by atoms with Crippen molar-refractivity contribution in [2.75, 3.05) is 5.32 Å². The van der Waals surface area contributed by atoms with E-state index in [1.165, 1.54) is 0 Å². The van der Waals surface area contributed by atoms with Gasteiger partial charge in [0.15, 0.2) is 11.3 Å². The monoisotopic (exact) mass is 372 g/mol. The topological polar surface area (TPSA) is 88.2 Å². The van der Waals surface area contributed by atoms with E-state index in [0.29, 0.717) is 22.4 Å². The van der Waals surface area contributed by atoms with Crippen LogP contribution in [0.5, 0.6) is 0 Å². The molecule has 0 aliphatic carbocycles. The molecule has 0 fully saturated rings. The minimum atomic E-state index is -0.536. The van der Waals surface area contributed by atoms with Crippen LogP contribution in [-0.2, 0) is 0 Å². The molecule has 0 saturated carbocycles. The molecule has 4 aromatic rings. The minimum absolute atomic E-state index is 0.203. The molecule has 0 aliphatic rings. The number of amides is 1. The number of oxazole rings is 1. The van der Waals surface area contributed by atoms with Crippen LogP contribution >= 0.6 is 15.9 Å². The normalized spacial score (nSPS) is 11.2. The molecular weight excluding hydrogens is 364 g/mol. The number of H-pyrrole nitrogens is 1. The quantitative estimate of drug-likeness (QED) is 0.558. The summed E-state index contributed by atoms with van der Waals surface area (Å²) in [6.45, 7) is 0.